The lowest BCUT2D eigenvalue weighted by molar-refractivity contribution is -0.211. The smallest absolute Gasteiger partial charge is 0.326 e. The summed E-state index contributed by atoms with van der Waals surface area (Å²) >= 11 is 0. The summed E-state index contributed by atoms with van der Waals surface area (Å²) in [6.07, 6.45) is 1.95. The average Bonchev–Trinajstić information content (AvgIpc) is 2.82. The summed E-state index contributed by atoms with van der Waals surface area (Å²) in [6, 6.07) is 7.37. The molecule has 0 saturated carbocycles. The van der Waals surface area contributed by atoms with Gasteiger partial charge < -0.3 is 20.3 Å². The molecule has 1 fully saturated rings. The predicted octanol–water partition coefficient (Wildman–Crippen LogP) is 3.61. The number of β-lactam (4-membered cyclic amide) rings is 1. The highest BCUT2D eigenvalue weighted by molar-refractivity contribution is 6.03. The molecule has 1 aromatic carbocycles. The molecule has 1 saturated heterocycles. The third-order valence-corrected chi connectivity index (χ3v) is 6.85. The molecule has 2 atom stereocenters. The van der Waals surface area contributed by atoms with Crippen LogP contribution >= 0.6 is 0 Å². The fraction of sp³-hybridized carbons (Fsp3) is 0.654. The van der Waals surface area contributed by atoms with Crippen LogP contribution in [0.1, 0.15) is 70.5 Å². The summed E-state index contributed by atoms with van der Waals surface area (Å²) < 4.78 is 5.96. The van der Waals surface area contributed by atoms with E-state index >= 15 is 0 Å². The lowest BCUT2D eigenvalue weighted by Gasteiger charge is -2.53. The first kappa shape index (κ1) is 27.8. The van der Waals surface area contributed by atoms with Crippen LogP contribution in [0.15, 0.2) is 24.3 Å². The Labute approximate surface area is 204 Å². The predicted molar refractivity (Wildman–Crippen MR) is 133 cm³/mol. The van der Waals surface area contributed by atoms with Crippen LogP contribution in [-0.2, 0) is 14.3 Å². The molecule has 0 spiro atoms. The second-order valence-electron chi connectivity index (χ2n) is 9.07. The van der Waals surface area contributed by atoms with E-state index in [4.69, 9.17) is 4.74 Å². The molecular formula is C26H42N4O4. The van der Waals surface area contributed by atoms with Crippen LogP contribution in [-0.4, -0.2) is 67.2 Å². The molecule has 0 aliphatic carbocycles. The summed E-state index contributed by atoms with van der Waals surface area (Å²) in [5.41, 5.74) is 1.36. The van der Waals surface area contributed by atoms with Gasteiger partial charge in [0.1, 0.15) is 6.61 Å². The number of imide groups is 1. The lowest BCUT2D eigenvalue weighted by Crippen LogP contribution is -2.72. The van der Waals surface area contributed by atoms with E-state index in [2.05, 4.69) is 17.6 Å². The SMILES string of the molecule is CCC[C@@H](NC(=O)N1C(=O)C(CC)(CC)C1OCC(=O)N(C)CCNCC)c1ccc(C)cc1. The Bertz CT molecular complexity index is 823. The van der Waals surface area contributed by atoms with Crippen molar-refractivity contribution in [1.29, 1.82) is 0 Å². The summed E-state index contributed by atoms with van der Waals surface area (Å²) in [5.74, 6) is -0.422. The van der Waals surface area contributed by atoms with Crippen LogP contribution < -0.4 is 10.6 Å². The zero-order valence-corrected chi connectivity index (χ0v) is 21.6. The molecular weight excluding hydrogens is 432 g/mol. The van der Waals surface area contributed by atoms with E-state index in [9.17, 15) is 14.4 Å². The number of carbonyl (C=O) groups excluding carboxylic acids is 3. The fourth-order valence-corrected chi connectivity index (χ4v) is 4.40. The Hall–Kier alpha value is -2.45. The van der Waals surface area contributed by atoms with Crippen LogP contribution in [0.2, 0.25) is 0 Å². The van der Waals surface area contributed by atoms with Crippen molar-refractivity contribution in [2.24, 2.45) is 5.41 Å². The molecule has 0 bridgehead atoms. The molecule has 1 aliphatic heterocycles. The van der Waals surface area contributed by atoms with Gasteiger partial charge in [0.15, 0.2) is 6.23 Å². The van der Waals surface area contributed by atoms with Gasteiger partial charge in [-0.3, -0.25) is 9.59 Å². The van der Waals surface area contributed by atoms with Gasteiger partial charge in [0.2, 0.25) is 11.8 Å². The highest BCUT2D eigenvalue weighted by Crippen LogP contribution is 2.46. The Morgan fingerprint density at radius 3 is 2.35 bits per heavy atom. The molecule has 1 aliphatic rings. The molecule has 8 heteroatoms. The number of likely N-dealkylation sites (N-methyl/N-ethyl adjacent to an activating group) is 2. The molecule has 8 nitrogen and oxygen atoms in total. The quantitative estimate of drug-likeness (QED) is 0.337. The Morgan fingerprint density at radius 1 is 1.15 bits per heavy atom. The number of urea groups is 1. The van der Waals surface area contributed by atoms with E-state index in [0.29, 0.717) is 25.9 Å². The first-order valence-electron chi connectivity index (χ1n) is 12.5. The van der Waals surface area contributed by atoms with Crippen molar-refractivity contribution < 1.29 is 19.1 Å². The van der Waals surface area contributed by atoms with Gasteiger partial charge in [0.05, 0.1) is 11.5 Å². The second kappa shape index (κ2) is 12.9. The van der Waals surface area contributed by atoms with E-state index < -0.39 is 17.7 Å². The van der Waals surface area contributed by atoms with Gasteiger partial charge in [-0.05, 0) is 38.3 Å². The van der Waals surface area contributed by atoms with Gasteiger partial charge in [-0.2, -0.15) is 0 Å². The number of aryl methyl sites for hydroxylation is 1. The molecule has 34 heavy (non-hydrogen) atoms. The van der Waals surface area contributed by atoms with Crippen molar-refractivity contribution in [3.8, 4) is 0 Å². The standard InChI is InChI=1S/C26H42N4O4/c1-7-11-21(20-14-12-19(5)13-15-20)28-25(33)30-23(32)26(8-2,9-3)24(30)34-18-22(31)29(6)17-16-27-10-4/h12-15,21,24,27H,7-11,16-18H2,1-6H3,(H,28,33)/t21-,24?/m1/s1. The number of nitrogens with one attached hydrogen (secondary N) is 2. The van der Waals surface area contributed by atoms with Crippen LogP contribution in [0.3, 0.4) is 0 Å². The topological polar surface area (TPSA) is 91.0 Å². The normalized spacial score (nSPS) is 17.8. The minimum atomic E-state index is -0.788. The Morgan fingerprint density at radius 2 is 1.79 bits per heavy atom. The summed E-state index contributed by atoms with van der Waals surface area (Å²) in [6.45, 7) is 11.8. The molecule has 1 unspecified atom stereocenters. The average molecular weight is 475 g/mol. The van der Waals surface area contributed by atoms with Crippen molar-refractivity contribution in [2.45, 2.75) is 72.6 Å². The number of carbonyl (C=O) groups is 3. The summed E-state index contributed by atoms with van der Waals surface area (Å²) in [7, 11) is 1.73. The van der Waals surface area contributed by atoms with Gasteiger partial charge in [0.25, 0.3) is 0 Å². The van der Waals surface area contributed by atoms with E-state index in [1.54, 1.807) is 11.9 Å². The zero-order chi connectivity index (χ0) is 25.3. The van der Waals surface area contributed by atoms with Gasteiger partial charge in [-0.15, -0.1) is 0 Å². The molecule has 0 radical (unpaired) electrons. The highest BCUT2D eigenvalue weighted by Gasteiger charge is 2.62. The monoisotopic (exact) mass is 474 g/mol. The van der Waals surface area contributed by atoms with E-state index in [-0.39, 0.29) is 24.5 Å². The van der Waals surface area contributed by atoms with Gasteiger partial charge >= 0.3 is 6.03 Å². The molecule has 190 valence electrons. The molecule has 2 rings (SSSR count). The molecule has 0 aromatic heterocycles. The van der Waals surface area contributed by atoms with Crippen molar-refractivity contribution >= 4 is 17.8 Å². The highest BCUT2D eigenvalue weighted by atomic mass is 16.5. The van der Waals surface area contributed by atoms with Crippen molar-refractivity contribution in [2.75, 3.05) is 33.3 Å². The van der Waals surface area contributed by atoms with Crippen LogP contribution in [0.5, 0.6) is 0 Å². The number of rotatable bonds is 13. The van der Waals surface area contributed by atoms with Crippen molar-refractivity contribution in [1.82, 2.24) is 20.4 Å². The van der Waals surface area contributed by atoms with Crippen molar-refractivity contribution in [3.63, 3.8) is 0 Å². The number of benzene rings is 1. The van der Waals surface area contributed by atoms with Gasteiger partial charge in [0, 0.05) is 20.1 Å². The number of ether oxygens (including phenoxy) is 1. The van der Waals surface area contributed by atoms with E-state index in [0.717, 1.165) is 35.4 Å². The Balaban J connectivity index is 2.12. The maximum absolute atomic E-state index is 13.3. The second-order valence-corrected chi connectivity index (χ2v) is 9.07. The number of nitrogens with zero attached hydrogens (tertiary/aromatic N) is 2. The molecule has 1 heterocycles. The lowest BCUT2D eigenvalue weighted by atomic mass is 9.72. The van der Waals surface area contributed by atoms with Gasteiger partial charge in [-0.1, -0.05) is 63.9 Å². The van der Waals surface area contributed by atoms with Gasteiger partial charge in [-0.25, -0.2) is 9.69 Å². The number of amides is 4. The zero-order valence-electron chi connectivity index (χ0n) is 21.6. The minimum absolute atomic E-state index is 0.178. The van der Waals surface area contributed by atoms with E-state index in [1.807, 2.05) is 52.0 Å². The summed E-state index contributed by atoms with van der Waals surface area (Å²) in [5, 5.41) is 6.21. The van der Waals surface area contributed by atoms with Crippen LogP contribution in [0, 0.1) is 12.3 Å². The largest absolute Gasteiger partial charge is 0.347 e. The van der Waals surface area contributed by atoms with Crippen LogP contribution in [0.4, 0.5) is 4.79 Å². The maximum atomic E-state index is 13.3. The third-order valence-electron chi connectivity index (χ3n) is 6.85. The molecule has 4 amide bonds. The Kier molecular flexibility index (Phi) is 10.5. The van der Waals surface area contributed by atoms with Crippen LogP contribution in [0.25, 0.3) is 0 Å². The number of hydrogen-bond donors (Lipinski definition) is 2. The minimum Gasteiger partial charge on any atom is -0.347 e. The first-order valence-corrected chi connectivity index (χ1v) is 12.5. The third kappa shape index (κ3) is 6.16. The number of likely N-dealkylation sites (tertiary alicyclic amines) is 1. The summed E-state index contributed by atoms with van der Waals surface area (Å²) in [4.78, 5) is 41.7. The van der Waals surface area contributed by atoms with Crippen molar-refractivity contribution in [3.05, 3.63) is 35.4 Å². The fourth-order valence-electron chi connectivity index (χ4n) is 4.40. The number of hydrogen-bond acceptors (Lipinski definition) is 5. The maximum Gasteiger partial charge on any atom is 0.326 e. The molecule has 2 N–H and O–H groups in total. The van der Waals surface area contributed by atoms with E-state index in [1.165, 1.54) is 0 Å². The first-order chi connectivity index (χ1) is 16.2. The molecule has 1 aromatic rings.